The first-order valence-corrected chi connectivity index (χ1v) is 6.08. The van der Waals surface area contributed by atoms with Crippen LogP contribution in [0.25, 0.3) is 0 Å². The van der Waals surface area contributed by atoms with Crippen molar-refractivity contribution in [1.82, 2.24) is 10.3 Å². The standard InChI is InChI=1S/C10H17N3S.ClH/c1-13(10-12-6-7-14-10)8-9-4-2-3-5-11-9;/h6-7,9,11H,2-5,8H2,1H3;1H. The van der Waals surface area contributed by atoms with E-state index in [0.29, 0.717) is 6.04 Å². The van der Waals surface area contributed by atoms with Crippen molar-refractivity contribution in [2.45, 2.75) is 25.3 Å². The Labute approximate surface area is 101 Å². The predicted octanol–water partition coefficient (Wildman–Crippen LogP) is 2.14. The van der Waals surface area contributed by atoms with Gasteiger partial charge in [0.25, 0.3) is 0 Å². The zero-order chi connectivity index (χ0) is 9.80. The first-order valence-electron chi connectivity index (χ1n) is 5.20. The summed E-state index contributed by atoms with van der Waals surface area (Å²) in [5.74, 6) is 0. The number of aromatic nitrogens is 1. The number of thiazole rings is 1. The SMILES string of the molecule is CN(CC1CCCCN1)c1nccs1.Cl. The number of hydrogen-bond donors (Lipinski definition) is 1. The number of halogens is 1. The van der Waals surface area contributed by atoms with Crippen molar-refractivity contribution >= 4 is 28.9 Å². The van der Waals surface area contributed by atoms with Crippen molar-refractivity contribution in [3.63, 3.8) is 0 Å². The minimum absolute atomic E-state index is 0. The molecule has 5 heteroatoms. The van der Waals surface area contributed by atoms with E-state index in [1.54, 1.807) is 11.3 Å². The van der Waals surface area contributed by atoms with Gasteiger partial charge in [-0.15, -0.1) is 23.7 Å². The molecule has 3 nitrogen and oxygen atoms in total. The molecule has 1 N–H and O–H groups in total. The smallest absolute Gasteiger partial charge is 0.185 e. The monoisotopic (exact) mass is 247 g/mol. The average molecular weight is 248 g/mol. The molecule has 0 saturated carbocycles. The Morgan fingerprint density at radius 1 is 1.60 bits per heavy atom. The van der Waals surface area contributed by atoms with E-state index in [9.17, 15) is 0 Å². The molecular formula is C10H18ClN3S. The van der Waals surface area contributed by atoms with E-state index in [1.165, 1.54) is 25.8 Å². The Hall–Kier alpha value is -0.320. The molecule has 1 aliphatic rings. The number of hydrogen-bond acceptors (Lipinski definition) is 4. The summed E-state index contributed by atoms with van der Waals surface area (Å²) in [6, 6.07) is 0.651. The maximum absolute atomic E-state index is 4.30. The largest absolute Gasteiger partial charge is 0.350 e. The lowest BCUT2D eigenvalue weighted by molar-refractivity contribution is 0.403. The van der Waals surface area contributed by atoms with Gasteiger partial charge in [-0.25, -0.2) is 4.98 Å². The van der Waals surface area contributed by atoms with Gasteiger partial charge in [0.2, 0.25) is 0 Å². The molecule has 0 amide bonds. The topological polar surface area (TPSA) is 28.2 Å². The highest BCUT2D eigenvalue weighted by molar-refractivity contribution is 7.13. The van der Waals surface area contributed by atoms with Gasteiger partial charge in [-0.3, -0.25) is 0 Å². The third kappa shape index (κ3) is 3.63. The second-order valence-electron chi connectivity index (χ2n) is 3.84. The third-order valence-electron chi connectivity index (χ3n) is 2.65. The molecule has 2 rings (SSSR count). The fourth-order valence-electron chi connectivity index (χ4n) is 1.89. The Morgan fingerprint density at radius 3 is 3.07 bits per heavy atom. The molecule has 0 aromatic carbocycles. The summed E-state index contributed by atoms with van der Waals surface area (Å²) in [5, 5.41) is 6.70. The van der Waals surface area contributed by atoms with Crippen LogP contribution in [0.5, 0.6) is 0 Å². The van der Waals surface area contributed by atoms with Crippen molar-refractivity contribution in [3.8, 4) is 0 Å². The van der Waals surface area contributed by atoms with E-state index in [0.717, 1.165) is 11.7 Å². The molecular weight excluding hydrogens is 230 g/mol. The van der Waals surface area contributed by atoms with Gasteiger partial charge in [0.15, 0.2) is 5.13 Å². The minimum atomic E-state index is 0. The molecule has 1 atom stereocenters. The Morgan fingerprint density at radius 2 is 2.47 bits per heavy atom. The van der Waals surface area contributed by atoms with Gasteiger partial charge in [0.1, 0.15) is 0 Å². The zero-order valence-electron chi connectivity index (χ0n) is 8.98. The van der Waals surface area contributed by atoms with Crippen molar-refractivity contribution < 1.29 is 0 Å². The van der Waals surface area contributed by atoms with E-state index < -0.39 is 0 Å². The van der Waals surface area contributed by atoms with E-state index in [1.807, 2.05) is 11.6 Å². The molecule has 0 spiro atoms. The summed E-state index contributed by atoms with van der Waals surface area (Å²) < 4.78 is 0. The molecule has 0 aliphatic carbocycles. The fourth-order valence-corrected chi connectivity index (χ4v) is 2.51. The summed E-state index contributed by atoms with van der Waals surface area (Å²) >= 11 is 1.71. The van der Waals surface area contributed by atoms with E-state index in [4.69, 9.17) is 0 Å². The van der Waals surface area contributed by atoms with Crippen LogP contribution in [-0.2, 0) is 0 Å². The lowest BCUT2D eigenvalue weighted by Gasteiger charge is -2.27. The number of piperidine rings is 1. The minimum Gasteiger partial charge on any atom is -0.350 e. The first-order chi connectivity index (χ1) is 6.86. The van der Waals surface area contributed by atoms with Crippen LogP contribution in [0.15, 0.2) is 11.6 Å². The lowest BCUT2D eigenvalue weighted by atomic mass is 10.1. The molecule has 86 valence electrons. The van der Waals surface area contributed by atoms with Crippen LogP contribution in [0.3, 0.4) is 0 Å². The third-order valence-corrected chi connectivity index (χ3v) is 3.54. The number of rotatable bonds is 3. The van der Waals surface area contributed by atoms with Crippen LogP contribution in [0.4, 0.5) is 5.13 Å². The lowest BCUT2D eigenvalue weighted by Crippen LogP contribution is -2.42. The predicted molar refractivity (Wildman–Crippen MR) is 68.3 cm³/mol. The van der Waals surface area contributed by atoms with E-state index in [2.05, 4.69) is 22.2 Å². The maximum Gasteiger partial charge on any atom is 0.185 e. The van der Waals surface area contributed by atoms with Gasteiger partial charge in [-0.1, -0.05) is 6.42 Å². The van der Waals surface area contributed by atoms with Gasteiger partial charge in [-0.2, -0.15) is 0 Å². The first kappa shape index (κ1) is 12.7. The molecule has 1 saturated heterocycles. The molecule has 1 aromatic rings. The summed E-state index contributed by atoms with van der Waals surface area (Å²) in [5.41, 5.74) is 0. The maximum atomic E-state index is 4.30. The molecule has 1 unspecified atom stereocenters. The summed E-state index contributed by atoms with van der Waals surface area (Å²) in [7, 11) is 2.12. The molecule has 15 heavy (non-hydrogen) atoms. The Kier molecular flexibility index (Phi) is 5.36. The van der Waals surface area contributed by atoms with Crippen LogP contribution in [0, 0.1) is 0 Å². The van der Waals surface area contributed by atoms with Gasteiger partial charge < -0.3 is 10.2 Å². The Balaban J connectivity index is 0.00000112. The van der Waals surface area contributed by atoms with Crippen LogP contribution >= 0.6 is 23.7 Å². The highest BCUT2D eigenvalue weighted by Crippen LogP contribution is 2.17. The van der Waals surface area contributed by atoms with E-state index >= 15 is 0 Å². The quantitative estimate of drug-likeness (QED) is 0.887. The Bertz CT molecular complexity index is 260. The van der Waals surface area contributed by atoms with Crippen molar-refractivity contribution in [2.75, 3.05) is 25.0 Å². The van der Waals surface area contributed by atoms with Crippen molar-refractivity contribution in [1.29, 1.82) is 0 Å². The second kappa shape index (κ2) is 6.30. The number of nitrogens with zero attached hydrogens (tertiary/aromatic N) is 2. The summed E-state index contributed by atoms with van der Waals surface area (Å²) in [4.78, 5) is 6.54. The van der Waals surface area contributed by atoms with Crippen molar-refractivity contribution in [2.24, 2.45) is 0 Å². The second-order valence-corrected chi connectivity index (χ2v) is 4.72. The average Bonchev–Trinajstić information content (AvgIpc) is 2.72. The molecule has 1 aliphatic heterocycles. The normalized spacial score (nSPS) is 20.7. The molecule has 2 heterocycles. The van der Waals surface area contributed by atoms with Gasteiger partial charge >= 0.3 is 0 Å². The zero-order valence-corrected chi connectivity index (χ0v) is 10.6. The molecule has 0 bridgehead atoms. The van der Waals surface area contributed by atoms with Gasteiger partial charge in [0.05, 0.1) is 0 Å². The highest BCUT2D eigenvalue weighted by Gasteiger charge is 2.15. The van der Waals surface area contributed by atoms with Crippen molar-refractivity contribution in [3.05, 3.63) is 11.6 Å². The van der Waals surface area contributed by atoms with Gasteiger partial charge in [-0.05, 0) is 19.4 Å². The van der Waals surface area contributed by atoms with Crippen LogP contribution in [0.1, 0.15) is 19.3 Å². The highest BCUT2D eigenvalue weighted by atomic mass is 35.5. The summed E-state index contributed by atoms with van der Waals surface area (Å²) in [6.45, 7) is 2.25. The molecule has 1 fully saturated rings. The van der Waals surface area contributed by atoms with E-state index in [-0.39, 0.29) is 12.4 Å². The van der Waals surface area contributed by atoms with Crippen LogP contribution in [-0.4, -0.2) is 31.2 Å². The molecule has 1 aromatic heterocycles. The van der Waals surface area contributed by atoms with Crippen LogP contribution < -0.4 is 10.2 Å². The number of likely N-dealkylation sites (N-methyl/N-ethyl adjacent to an activating group) is 1. The number of anilines is 1. The summed E-state index contributed by atoms with van der Waals surface area (Å²) in [6.07, 6.45) is 5.86. The van der Waals surface area contributed by atoms with Crippen LogP contribution in [0.2, 0.25) is 0 Å². The number of nitrogens with one attached hydrogen (secondary N) is 1. The fraction of sp³-hybridized carbons (Fsp3) is 0.700. The molecule has 0 radical (unpaired) electrons. The van der Waals surface area contributed by atoms with Gasteiger partial charge in [0, 0.05) is 31.2 Å².